The Labute approximate surface area is 131 Å². The Morgan fingerprint density at radius 1 is 1.26 bits per heavy atom. The first-order valence-corrected chi connectivity index (χ1v) is 7.23. The molecule has 7 heteroatoms. The lowest BCUT2D eigenvalue weighted by molar-refractivity contribution is -0.140. The minimum Gasteiger partial charge on any atom is -0.466 e. The van der Waals surface area contributed by atoms with Gasteiger partial charge < -0.3 is 4.74 Å². The Hall–Kier alpha value is -2.96. The van der Waals surface area contributed by atoms with Crippen LogP contribution in [0.4, 0.5) is 0 Å². The molecule has 0 bridgehead atoms. The van der Waals surface area contributed by atoms with Gasteiger partial charge in [-0.05, 0) is 6.92 Å². The second-order valence-electron chi connectivity index (χ2n) is 5.14. The third-order valence-corrected chi connectivity index (χ3v) is 3.50. The summed E-state index contributed by atoms with van der Waals surface area (Å²) in [5.41, 5.74) is 1.74. The van der Waals surface area contributed by atoms with Gasteiger partial charge in [0.25, 0.3) is 11.3 Å². The first-order chi connectivity index (χ1) is 11.1. The van der Waals surface area contributed by atoms with Crippen molar-refractivity contribution in [2.24, 2.45) is 0 Å². The van der Waals surface area contributed by atoms with Crippen molar-refractivity contribution in [2.75, 3.05) is 6.61 Å². The van der Waals surface area contributed by atoms with E-state index in [1.165, 1.54) is 11.4 Å². The first-order valence-electron chi connectivity index (χ1n) is 7.23. The number of aromatic nitrogens is 4. The Morgan fingerprint density at radius 2 is 2.00 bits per heavy atom. The predicted molar refractivity (Wildman–Crippen MR) is 84.1 cm³/mol. The fraction of sp³-hybridized carbons (Fsp3) is 0.250. The molecule has 0 aliphatic heterocycles. The average Bonchev–Trinajstić information content (AvgIpc) is 2.95. The molecule has 7 nitrogen and oxygen atoms in total. The van der Waals surface area contributed by atoms with Crippen LogP contribution in [0.5, 0.6) is 0 Å². The van der Waals surface area contributed by atoms with E-state index in [2.05, 4.69) is 15.1 Å². The van der Waals surface area contributed by atoms with Crippen LogP contribution < -0.4 is 5.56 Å². The topological polar surface area (TPSA) is 89.3 Å². The number of aryl methyl sites for hydroxylation is 1. The molecule has 1 aromatic carbocycles. The summed E-state index contributed by atoms with van der Waals surface area (Å²) in [6.45, 7) is 3.24. The molecule has 2 heterocycles. The molecule has 0 aliphatic rings. The van der Waals surface area contributed by atoms with Gasteiger partial charge in [0.15, 0.2) is 5.82 Å². The number of rotatable bonds is 4. The lowest BCUT2D eigenvalue weighted by Crippen LogP contribution is -2.23. The standard InChI is InChI=1S/C16H16N4O3/c1-10-13(8-9-23-11(2)21)15(22)20-16(17-10)18-14(19-20)12-6-4-3-5-7-12/h3-7H,8-9H2,1-2H3,(H,17,18,19). The third-order valence-electron chi connectivity index (χ3n) is 3.50. The minimum absolute atomic E-state index is 0.152. The predicted octanol–water partition coefficient (Wildman–Crippen LogP) is 1.50. The van der Waals surface area contributed by atoms with Gasteiger partial charge in [0.1, 0.15) is 0 Å². The molecule has 23 heavy (non-hydrogen) atoms. The molecule has 0 unspecified atom stereocenters. The van der Waals surface area contributed by atoms with Crippen molar-refractivity contribution in [3.05, 3.63) is 51.9 Å². The number of H-pyrrole nitrogens is 1. The van der Waals surface area contributed by atoms with E-state index in [0.29, 0.717) is 29.3 Å². The largest absolute Gasteiger partial charge is 0.466 e. The van der Waals surface area contributed by atoms with E-state index in [0.717, 1.165) is 5.56 Å². The number of fused-ring (bicyclic) bond motifs is 1. The highest BCUT2D eigenvalue weighted by Gasteiger charge is 2.14. The van der Waals surface area contributed by atoms with Gasteiger partial charge in [-0.2, -0.15) is 9.50 Å². The number of nitrogens with one attached hydrogen (secondary N) is 1. The maximum atomic E-state index is 12.6. The molecule has 0 atom stereocenters. The van der Waals surface area contributed by atoms with E-state index in [1.807, 2.05) is 30.3 Å². The molecular formula is C16H16N4O3. The summed E-state index contributed by atoms with van der Waals surface area (Å²) in [7, 11) is 0. The number of carbonyl (C=O) groups excluding carboxylic acids is 1. The number of hydrogen-bond acceptors (Lipinski definition) is 5. The molecule has 0 saturated heterocycles. The number of ether oxygens (including phenoxy) is 1. The van der Waals surface area contributed by atoms with Crippen molar-refractivity contribution in [1.29, 1.82) is 0 Å². The van der Waals surface area contributed by atoms with Crippen molar-refractivity contribution in [1.82, 2.24) is 19.6 Å². The molecule has 1 N–H and O–H groups in total. The normalized spacial score (nSPS) is 10.9. The number of hydrogen-bond donors (Lipinski definition) is 1. The van der Waals surface area contributed by atoms with E-state index < -0.39 is 0 Å². The molecule has 118 valence electrons. The van der Waals surface area contributed by atoms with E-state index in [4.69, 9.17) is 4.74 Å². The summed E-state index contributed by atoms with van der Waals surface area (Å²) >= 11 is 0. The van der Waals surface area contributed by atoms with Gasteiger partial charge in [0.2, 0.25) is 0 Å². The zero-order valence-corrected chi connectivity index (χ0v) is 12.9. The summed E-state index contributed by atoms with van der Waals surface area (Å²) in [5.74, 6) is 0.527. The maximum Gasteiger partial charge on any atom is 0.302 e. The van der Waals surface area contributed by atoms with Crippen LogP contribution in [0.3, 0.4) is 0 Å². The van der Waals surface area contributed by atoms with Crippen LogP contribution >= 0.6 is 0 Å². The number of nitrogens with zero attached hydrogens (tertiary/aromatic N) is 3. The fourth-order valence-corrected chi connectivity index (χ4v) is 2.36. The van der Waals surface area contributed by atoms with Crippen LogP contribution in [0.2, 0.25) is 0 Å². The SMILES string of the molecule is CC(=O)OCCc1c(C)nc2nc(-c3ccccc3)[nH]n2c1=O. The second kappa shape index (κ2) is 6.04. The Morgan fingerprint density at radius 3 is 2.70 bits per heavy atom. The lowest BCUT2D eigenvalue weighted by atomic mass is 10.2. The highest BCUT2D eigenvalue weighted by atomic mass is 16.5. The van der Waals surface area contributed by atoms with Gasteiger partial charge >= 0.3 is 5.97 Å². The maximum absolute atomic E-state index is 12.6. The number of esters is 1. The van der Waals surface area contributed by atoms with Crippen LogP contribution in [-0.4, -0.2) is 32.2 Å². The number of carbonyl (C=O) groups is 1. The van der Waals surface area contributed by atoms with Gasteiger partial charge in [0.05, 0.1) is 12.3 Å². The average molecular weight is 312 g/mol. The third kappa shape index (κ3) is 2.98. The van der Waals surface area contributed by atoms with Gasteiger partial charge in [-0.1, -0.05) is 30.3 Å². The monoisotopic (exact) mass is 312 g/mol. The van der Waals surface area contributed by atoms with Crippen LogP contribution in [0.1, 0.15) is 18.2 Å². The zero-order chi connectivity index (χ0) is 16.4. The van der Waals surface area contributed by atoms with Crippen LogP contribution in [0, 0.1) is 6.92 Å². The Balaban J connectivity index is 2.01. The Bertz CT molecular complexity index is 912. The van der Waals surface area contributed by atoms with Crippen molar-refractivity contribution in [2.45, 2.75) is 20.3 Å². The van der Waals surface area contributed by atoms with Gasteiger partial charge in [0, 0.05) is 24.5 Å². The molecule has 0 saturated carbocycles. The summed E-state index contributed by atoms with van der Waals surface area (Å²) in [4.78, 5) is 32.1. The Kier molecular flexibility index (Phi) is 3.92. The number of aromatic amines is 1. The summed E-state index contributed by atoms with van der Waals surface area (Å²) in [6, 6.07) is 9.51. The molecule has 0 aliphatic carbocycles. The fourth-order valence-electron chi connectivity index (χ4n) is 2.36. The van der Waals surface area contributed by atoms with E-state index in [-0.39, 0.29) is 18.1 Å². The van der Waals surface area contributed by atoms with Crippen LogP contribution in [0.15, 0.2) is 35.1 Å². The minimum atomic E-state index is -0.371. The van der Waals surface area contributed by atoms with Gasteiger partial charge in [-0.3, -0.25) is 14.7 Å². The van der Waals surface area contributed by atoms with E-state index >= 15 is 0 Å². The molecule has 2 aromatic heterocycles. The highest BCUT2D eigenvalue weighted by Crippen LogP contribution is 2.14. The highest BCUT2D eigenvalue weighted by molar-refractivity contribution is 5.65. The first kappa shape index (κ1) is 15.0. The van der Waals surface area contributed by atoms with E-state index in [9.17, 15) is 9.59 Å². The van der Waals surface area contributed by atoms with Crippen molar-refractivity contribution < 1.29 is 9.53 Å². The summed E-state index contributed by atoms with van der Waals surface area (Å²) < 4.78 is 6.22. The lowest BCUT2D eigenvalue weighted by Gasteiger charge is -2.04. The second-order valence-corrected chi connectivity index (χ2v) is 5.14. The quantitative estimate of drug-likeness (QED) is 0.737. The van der Waals surface area contributed by atoms with Crippen LogP contribution in [0.25, 0.3) is 17.2 Å². The molecule has 3 rings (SSSR count). The van der Waals surface area contributed by atoms with Gasteiger partial charge in [-0.15, -0.1) is 0 Å². The summed E-state index contributed by atoms with van der Waals surface area (Å²) in [5, 5.41) is 2.97. The molecule has 0 fully saturated rings. The van der Waals surface area contributed by atoms with E-state index in [1.54, 1.807) is 6.92 Å². The van der Waals surface area contributed by atoms with Crippen molar-refractivity contribution in [3.8, 4) is 11.4 Å². The van der Waals surface area contributed by atoms with Crippen molar-refractivity contribution in [3.63, 3.8) is 0 Å². The molecule has 0 spiro atoms. The molecule has 0 radical (unpaired) electrons. The number of benzene rings is 1. The molecule has 0 amide bonds. The molecular weight excluding hydrogens is 296 g/mol. The zero-order valence-electron chi connectivity index (χ0n) is 12.9. The van der Waals surface area contributed by atoms with Crippen LogP contribution in [-0.2, 0) is 16.0 Å². The summed E-state index contributed by atoms with van der Waals surface area (Å²) in [6.07, 6.45) is 0.319. The molecule has 3 aromatic rings. The van der Waals surface area contributed by atoms with Gasteiger partial charge in [-0.25, -0.2) is 4.98 Å². The smallest absolute Gasteiger partial charge is 0.302 e. The van der Waals surface area contributed by atoms with Crippen molar-refractivity contribution >= 4 is 11.7 Å².